The van der Waals surface area contributed by atoms with E-state index in [1.165, 1.54) is 0 Å². The molecule has 1 heterocycles. The average Bonchev–Trinajstić information content (AvgIpc) is 2.41. The van der Waals surface area contributed by atoms with Gasteiger partial charge in [-0.2, -0.15) is 0 Å². The van der Waals surface area contributed by atoms with E-state index in [1.807, 2.05) is 0 Å². The number of carboxylic acids is 1. The maximum absolute atomic E-state index is 11.8. The summed E-state index contributed by atoms with van der Waals surface area (Å²) in [5.74, 6) is -0.527. The standard InChI is InChI=1S/C13H21F2NO4/c14-11(15)9-20-8-5-12(17)16-6-3-10(4-7-16)1-2-13(18)19/h10-11H,1-9H2,(H,18,19). The van der Waals surface area contributed by atoms with Crippen LogP contribution in [0.2, 0.25) is 0 Å². The highest BCUT2D eigenvalue weighted by molar-refractivity contribution is 5.76. The quantitative estimate of drug-likeness (QED) is 0.693. The number of rotatable bonds is 8. The van der Waals surface area contributed by atoms with Crippen molar-refractivity contribution in [3.63, 3.8) is 0 Å². The van der Waals surface area contributed by atoms with Crippen LogP contribution in [0.15, 0.2) is 0 Å². The van der Waals surface area contributed by atoms with Gasteiger partial charge in [0.15, 0.2) is 0 Å². The molecule has 0 aliphatic carbocycles. The zero-order chi connectivity index (χ0) is 15.0. The fraction of sp³-hybridized carbons (Fsp3) is 0.846. The van der Waals surface area contributed by atoms with Crippen LogP contribution in [0, 0.1) is 5.92 Å². The van der Waals surface area contributed by atoms with Crippen molar-refractivity contribution >= 4 is 11.9 Å². The first-order valence-electron chi connectivity index (χ1n) is 6.84. The molecule has 0 radical (unpaired) electrons. The van der Waals surface area contributed by atoms with Gasteiger partial charge in [-0.05, 0) is 25.2 Å². The third kappa shape index (κ3) is 6.79. The highest BCUT2D eigenvalue weighted by Crippen LogP contribution is 2.22. The van der Waals surface area contributed by atoms with Crippen LogP contribution in [0.5, 0.6) is 0 Å². The Kier molecular flexibility index (Phi) is 7.43. The zero-order valence-electron chi connectivity index (χ0n) is 11.4. The summed E-state index contributed by atoms with van der Waals surface area (Å²) in [7, 11) is 0. The molecule has 5 nitrogen and oxygen atoms in total. The molecule has 116 valence electrons. The zero-order valence-corrected chi connectivity index (χ0v) is 11.4. The van der Waals surface area contributed by atoms with Crippen molar-refractivity contribution < 1.29 is 28.2 Å². The lowest BCUT2D eigenvalue weighted by Gasteiger charge is -2.32. The number of aliphatic carboxylic acids is 1. The number of carboxylic acid groups (broad SMARTS) is 1. The lowest BCUT2D eigenvalue weighted by atomic mass is 9.92. The van der Waals surface area contributed by atoms with Gasteiger partial charge in [-0.3, -0.25) is 9.59 Å². The second-order valence-corrected chi connectivity index (χ2v) is 4.97. The molecule has 0 bridgehead atoms. The molecule has 0 aromatic heterocycles. The maximum Gasteiger partial charge on any atom is 0.303 e. The van der Waals surface area contributed by atoms with Gasteiger partial charge in [-0.15, -0.1) is 0 Å². The molecule has 1 rings (SSSR count). The van der Waals surface area contributed by atoms with Crippen molar-refractivity contribution in [3.8, 4) is 0 Å². The third-order valence-electron chi connectivity index (χ3n) is 3.44. The Hall–Kier alpha value is -1.24. The van der Waals surface area contributed by atoms with E-state index in [9.17, 15) is 18.4 Å². The number of alkyl halides is 2. The SMILES string of the molecule is O=C(O)CCC1CCN(C(=O)CCOCC(F)F)CC1. The Morgan fingerprint density at radius 2 is 1.90 bits per heavy atom. The minimum Gasteiger partial charge on any atom is -0.481 e. The Balaban J connectivity index is 2.14. The van der Waals surface area contributed by atoms with E-state index in [0.29, 0.717) is 25.4 Å². The highest BCUT2D eigenvalue weighted by atomic mass is 19.3. The smallest absolute Gasteiger partial charge is 0.303 e. The predicted molar refractivity (Wildman–Crippen MR) is 67.6 cm³/mol. The molecule has 0 spiro atoms. The number of nitrogens with zero attached hydrogens (tertiary/aromatic N) is 1. The Morgan fingerprint density at radius 3 is 2.45 bits per heavy atom. The molecule has 0 saturated carbocycles. The topological polar surface area (TPSA) is 66.8 Å². The molecule has 1 aliphatic rings. The van der Waals surface area contributed by atoms with E-state index in [0.717, 1.165) is 12.8 Å². The summed E-state index contributed by atoms with van der Waals surface area (Å²) >= 11 is 0. The van der Waals surface area contributed by atoms with Gasteiger partial charge in [0.05, 0.1) is 13.0 Å². The van der Waals surface area contributed by atoms with E-state index in [2.05, 4.69) is 4.74 Å². The Labute approximate surface area is 116 Å². The molecule has 1 aliphatic heterocycles. The van der Waals surface area contributed by atoms with Crippen LogP contribution < -0.4 is 0 Å². The summed E-state index contributed by atoms with van der Waals surface area (Å²) < 4.78 is 28.3. The van der Waals surface area contributed by atoms with E-state index in [-0.39, 0.29) is 25.4 Å². The van der Waals surface area contributed by atoms with Crippen molar-refractivity contribution in [1.82, 2.24) is 4.90 Å². The molecular weight excluding hydrogens is 272 g/mol. The van der Waals surface area contributed by atoms with Gasteiger partial charge >= 0.3 is 5.97 Å². The average molecular weight is 293 g/mol. The molecule has 1 amide bonds. The van der Waals surface area contributed by atoms with E-state index in [4.69, 9.17) is 5.11 Å². The second-order valence-electron chi connectivity index (χ2n) is 4.97. The molecular formula is C13H21F2NO4. The number of hydrogen-bond acceptors (Lipinski definition) is 3. The number of carbonyl (C=O) groups is 2. The fourth-order valence-electron chi connectivity index (χ4n) is 2.29. The molecule has 1 N–H and O–H groups in total. The van der Waals surface area contributed by atoms with E-state index >= 15 is 0 Å². The summed E-state index contributed by atoms with van der Waals surface area (Å²) in [6.07, 6.45) is 0.0324. The molecule has 0 aromatic carbocycles. The summed E-state index contributed by atoms with van der Waals surface area (Å²) in [6, 6.07) is 0. The van der Waals surface area contributed by atoms with Gasteiger partial charge in [0.25, 0.3) is 6.43 Å². The summed E-state index contributed by atoms with van der Waals surface area (Å²) in [6.45, 7) is 0.600. The van der Waals surface area contributed by atoms with Crippen LogP contribution in [-0.2, 0) is 14.3 Å². The lowest BCUT2D eigenvalue weighted by Crippen LogP contribution is -2.39. The van der Waals surface area contributed by atoms with Gasteiger partial charge in [-0.25, -0.2) is 8.78 Å². The number of likely N-dealkylation sites (tertiary alicyclic amines) is 1. The Morgan fingerprint density at radius 1 is 1.25 bits per heavy atom. The van der Waals surface area contributed by atoms with Gasteiger partial charge in [-0.1, -0.05) is 0 Å². The second kappa shape index (κ2) is 8.84. The van der Waals surface area contributed by atoms with Crippen LogP contribution in [0.1, 0.15) is 32.1 Å². The first-order valence-corrected chi connectivity index (χ1v) is 6.84. The van der Waals surface area contributed by atoms with Gasteiger partial charge in [0.2, 0.25) is 5.91 Å². The number of halogens is 2. The van der Waals surface area contributed by atoms with E-state index in [1.54, 1.807) is 4.90 Å². The fourth-order valence-corrected chi connectivity index (χ4v) is 2.29. The number of hydrogen-bond donors (Lipinski definition) is 1. The minimum absolute atomic E-state index is 0.0160. The molecule has 20 heavy (non-hydrogen) atoms. The monoisotopic (exact) mass is 293 g/mol. The predicted octanol–water partition coefficient (Wildman–Crippen LogP) is 1.76. The van der Waals surface area contributed by atoms with Crippen LogP contribution in [0.4, 0.5) is 8.78 Å². The summed E-state index contributed by atoms with van der Waals surface area (Å²) in [5, 5.41) is 8.61. The number of amides is 1. The van der Waals surface area contributed by atoms with Crippen molar-refractivity contribution in [1.29, 1.82) is 0 Å². The molecule has 1 fully saturated rings. The normalized spacial score (nSPS) is 16.6. The van der Waals surface area contributed by atoms with Gasteiger partial charge in [0.1, 0.15) is 6.61 Å². The van der Waals surface area contributed by atoms with Crippen LogP contribution in [0.3, 0.4) is 0 Å². The van der Waals surface area contributed by atoms with Gasteiger partial charge < -0.3 is 14.7 Å². The molecule has 0 unspecified atom stereocenters. The largest absolute Gasteiger partial charge is 0.481 e. The third-order valence-corrected chi connectivity index (χ3v) is 3.44. The molecule has 7 heteroatoms. The van der Waals surface area contributed by atoms with Crippen LogP contribution in [-0.4, -0.2) is 54.6 Å². The van der Waals surface area contributed by atoms with Crippen molar-refractivity contribution in [2.75, 3.05) is 26.3 Å². The first-order chi connectivity index (χ1) is 9.49. The molecule has 0 aromatic rings. The van der Waals surface area contributed by atoms with Crippen molar-refractivity contribution in [2.45, 2.75) is 38.5 Å². The summed E-state index contributed by atoms with van der Waals surface area (Å²) in [5.41, 5.74) is 0. The lowest BCUT2D eigenvalue weighted by molar-refractivity contribution is -0.138. The number of ether oxygens (including phenoxy) is 1. The van der Waals surface area contributed by atoms with Gasteiger partial charge in [0, 0.05) is 19.5 Å². The van der Waals surface area contributed by atoms with E-state index < -0.39 is 19.0 Å². The molecule has 1 saturated heterocycles. The number of piperidine rings is 1. The highest BCUT2D eigenvalue weighted by Gasteiger charge is 2.22. The van der Waals surface area contributed by atoms with Crippen LogP contribution in [0.25, 0.3) is 0 Å². The summed E-state index contributed by atoms with van der Waals surface area (Å²) in [4.78, 5) is 24.0. The van der Waals surface area contributed by atoms with Crippen molar-refractivity contribution in [2.24, 2.45) is 5.92 Å². The van der Waals surface area contributed by atoms with Crippen LogP contribution >= 0.6 is 0 Å². The maximum atomic E-state index is 11.8. The number of carbonyl (C=O) groups excluding carboxylic acids is 1. The van der Waals surface area contributed by atoms with Crippen molar-refractivity contribution in [3.05, 3.63) is 0 Å². The first kappa shape index (κ1) is 16.8. The molecule has 0 atom stereocenters. The minimum atomic E-state index is -2.50. The Bertz CT molecular complexity index is 317.